The first-order chi connectivity index (χ1) is 31.0. The highest BCUT2D eigenvalue weighted by Gasteiger charge is 2.61. The van der Waals surface area contributed by atoms with E-state index >= 15 is 0 Å². The Morgan fingerprint density at radius 2 is 0.881 bits per heavy atom. The number of benzene rings is 4. The Hall–Kier alpha value is -5.45. The average Bonchev–Trinajstić information content (AvgIpc) is 3.92. The topological polar surface area (TPSA) is 146 Å². The smallest absolute Gasteiger partial charge is 0.346 e. The van der Waals surface area contributed by atoms with Crippen LogP contribution in [0.2, 0.25) is 36.3 Å². The van der Waals surface area contributed by atoms with Gasteiger partial charge in [-0.25, -0.2) is 18.6 Å². The molecule has 12 heteroatoms. The van der Waals surface area contributed by atoms with Crippen molar-refractivity contribution in [3.63, 3.8) is 0 Å². The molecular formula is C55H68N4O6Si2. The first kappa shape index (κ1) is 51.0. The molecule has 0 aliphatic carbocycles. The molecule has 2 saturated heterocycles. The van der Waals surface area contributed by atoms with E-state index in [1.807, 2.05) is 84.9 Å². The summed E-state index contributed by atoms with van der Waals surface area (Å²) >= 11 is 0. The van der Waals surface area contributed by atoms with Gasteiger partial charge in [0.2, 0.25) is 0 Å². The van der Waals surface area contributed by atoms with Crippen molar-refractivity contribution in [1.29, 1.82) is 10.5 Å². The van der Waals surface area contributed by atoms with Crippen LogP contribution in [0.4, 0.5) is 0 Å². The number of rotatable bonds is 10. The highest BCUT2D eigenvalue weighted by atomic mass is 28.4. The molecule has 8 rings (SSSR count). The molecule has 3 unspecified atom stereocenters. The maximum Gasteiger partial charge on any atom is 0.346 e. The van der Waals surface area contributed by atoms with Gasteiger partial charge in [-0.3, -0.25) is 0 Å². The molecule has 0 N–H and O–H groups in total. The van der Waals surface area contributed by atoms with Crippen LogP contribution in [0.1, 0.15) is 95.2 Å². The molecule has 4 aliphatic rings. The number of hydrogen-bond donors (Lipinski definition) is 0. The molecule has 0 saturated carbocycles. The largest absolute Gasteiger partial charge is 0.871 e. The maximum atomic E-state index is 14.0. The quantitative estimate of drug-likeness (QED) is 0.113. The zero-order valence-electron chi connectivity index (χ0n) is 40.2. The van der Waals surface area contributed by atoms with E-state index in [4.69, 9.17) is 19.4 Å². The summed E-state index contributed by atoms with van der Waals surface area (Å²) in [5.74, 6) is -0.355. The Morgan fingerprint density at radius 1 is 0.567 bits per heavy atom. The van der Waals surface area contributed by atoms with E-state index in [2.05, 4.69) is 79.9 Å². The predicted octanol–water partition coefficient (Wildman–Crippen LogP) is 9.34. The number of amides is 2. The van der Waals surface area contributed by atoms with Gasteiger partial charge in [-0.2, -0.15) is 10.5 Å². The van der Waals surface area contributed by atoms with Gasteiger partial charge in [0.25, 0.3) is 0 Å². The molecule has 67 heavy (non-hydrogen) atoms. The van der Waals surface area contributed by atoms with E-state index in [9.17, 15) is 19.8 Å². The number of quaternary nitrogens is 2. The lowest BCUT2D eigenvalue weighted by Gasteiger charge is -2.38. The highest BCUT2D eigenvalue weighted by molar-refractivity contribution is 6.74. The molecule has 352 valence electrons. The summed E-state index contributed by atoms with van der Waals surface area (Å²) in [4.78, 5) is 27.9. The fraction of sp³-hybridized carbons (Fsp3) is 0.418. The third-order valence-corrected chi connectivity index (χ3v) is 24.4. The van der Waals surface area contributed by atoms with Crippen LogP contribution in [0.3, 0.4) is 0 Å². The zero-order valence-corrected chi connectivity index (χ0v) is 42.2. The van der Waals surface area contributed by atoms with Gasteiger partial charge in [0.15, 0.2) is 16.6 Å². The lowest BCUT2D eigenvalue weighted by Crippen LogP contribution is -2.54. The Labute approximate surface area is 400 Å². The van der Waals surface area contributed by atoms with Crippen LogP contribution in [-0.2, 0) is 31.5 Å². The third-order valence-electron chi connectivity index (χ3n) is 15.3. The van der Waals surface area contributed by atoms with E-state index < -0.39 is 28.7 Å². The first-order valence-corrected chi connectivity index (χ1v) is 28.9. The minimum atomic E-state index is -2.06. The summed E-state index contributed by atoms with van der Waals surface area (Å²) in [5.41, 5.74) is 5.08. The Kier molecular flexibility index (Phi) is 14.4. The standard InChI is InChI=1S/2C27H32N2O3Si.CH4/c2*1-27(2,3)33(4,5)32-22-15-23-25(30)24(21-9-7-6-8-10-21)26(31)29(23,18-22)17-20-13-11-19(16-28)12-14-20;/h2*6-14,22-23H,15,17-18H2,1-5H3;1H4/t22-,23-,29-;;/m1../s1. The molecule has 10 nitrogen and oxygen atoms in total. The molecule has 2 amide bonds. The van der Waals surface area contributed by atoms with E-state index in [1.54, 1.807) is 24.3 Å². The van der Waals surface area contributed by atoms with Crippen LogP contribution in [0, 0.1) is 22.7 Å². The normalized spacial score (nSPS) is 24.9. The van der Waals surface area contributed by atoms with Crippen molar-refractivity contribution in [2.45, 2.75) is 135 Å². The van der Waals surface area contributed by atoms with Crippen LogP contribution in [0.25, 0.3) is 11.1 Å². The molecule has 4 aliphatic heterocycles. The van der Waals surface area contributed by atoms with Crippen molar-refractivity contribution in [3.05, 3.63) is 154 Å². The molecule has 4 aromatic carbocycles. The van der Waals surface area contributed by atoms with Gasteiger partial charge in [-0.05, 0) is 71.7 Å². The molecule has 0 bridgehead atoms. The number of hydrogen-bond acceptors (Lipinski definition) is 8. The molecule has 6 atom stereocenters. The van der Waals surface area contributed by atoms with E-state index in [0.717, 1.165) is 11.1 Å². The van der Waals surface area contributed by atoms with Crippen molar-refractivity contribution in [2.75, 3.05) is 13.1 Å². The molecule has 4 aromatic rings. The van der Waals surface area contributed by atoms with Gasteiger partial charge in [-0.1, -0.05) is 145 Å². The van der Waals surface area contributed by atoms with Crippen LogP contribution in [0.5, 0.6) is 0 Å². The van der Waals surface area contributed by atoms with Crippen molar-refractivity contribution in [2.24, 2.45) is 0 Å². The summed E-state index contributed by atoms with van der Waals surface area (Å²) in [6.45, 7) is 23.9. The van der Waals surface area contributed by atoms with Crippen molar-refractivity contribution in [1.82, 2.24) is 0 Å². The van der Waals surface area contributed by atoms with Gasteiger partial charge < -0.3 is 19.1 Å². The van der Waals surface area contributed by atoms with Gasteiger partial charge in [0.1, 0.15) is 50.5 Å². The second-order valence-electron chi connectivity index (χ2n) is 21.7. The van der Waals surface area contributed by atoms with Crippen LogP contribution < -0.4 is 10.2 Å². The number of nitrogens with zero attached hydrogens (tertiary/aromatic N) is 4. The fourth-order valence-corrected chi connectivity index (χ4v) is 12.5. The molecule has 0 aromatic heterocycles. The first-order valence-electron chi connectivity index (χ1n) is 23.1. The number of fused-ring (bicyclic) bond motifs is 2. The van der Waals surface area contributed by atoms with Gasteiger partial charge in [0, 0.05) is 24.0 Å². The molecule has 4 heterocycles. The number of carbonyl (C=O) groups excluding carboxylic acids is 2. The highest BCUT2D eigenvalue weighted by Crippen LogP contribution is 2.49. The van der Waals surface area contributed by atoms with E-state index in [0.29, 0.717) is 72.4 Å². The minimum absolute atomic E-state index is 0. The molecular weight excluding hydrogens is 869 g/mol. The van der Waals surface area contributed by atoms with Gasteiger partial charge in [-0.15, -0.1) is 0 Å². The average molecular weight is 937 g/mol. The van der Waals surface area contributed by atoms with Crippen LogP contribution >= 0.6 is 0 Å². The molecule has 0 spiro atoms. The lowest BCUT2D eigenvalue weighted by molar-refractivity contribution is -0.873. The van der Waals surface area contributed by atoms with E-state index in [1.165, 1.54) is 0 Å². The Bertz CT molecular complexity index is 2440. The Balaban J connectivity index is 0.000000218. The van der Waals surface area contributed by atoms with Gasteiger partial charge >= 0.3 is 11.8 Å². The lowest BCUT2D eigenvalue weighted by atomic mass is 10.0. The fourth-order valence-electron chi connectivity index (χ4n) is 9.75. The summed E-state index contributed by atoms with van der Waals surface area (Å²) in [7, 11) is -4.11. The number of nitriles is 2. The summed E-state index contributed by atoms with van der Waals surface area (Å²) in [6, 6.07) is 36.7. The summed E-state index contributed by atoms with van der Waals surface area (Å²) < 4.78 is 13.6. The van der Waals surface area contributed by atoms with Crippen molar-refractivity contribution < 1.29 is 37.6 Å². The molecule has 0 radical (unpaired) electrons. The molecule has 2 fully saturated rings. The van der Waals surface area contributed by atoms with Crippen molar-refractivity contribution >= 4 is 39.6 Å². The monoisotopic (exact) mass is 936 g/mol. The second-order valence-corrected chi connectivity index (χ2v) is 31.2. The predicted molar refractivity (Wildman–Crippen MR) is 264 cm³/mol. The summed E-state index contributed by atoms with van der Waals surface area (Å²) in [6.07, 6.45) is 0.868. The van der Waals surface area contributed by atoms with Crippen molar-refractivity contribution in [3.8, 4) is 12.1 Å². The second kappa shape index (κ2) is 18.9. The maximum absolute atomic E-state index is 14.0. The third kappa shape index (κ3) is 9.67. The minimum Gasteiger partial charge on any atom is -0.871 e. The SMILES string of the molecule is C.CC(C)(C)[Si](C)(C)OC1CC2C([O-])=C(c3ccccc3)C(=O)[N+]2(Cc2ccc(C#N)cc2)C1.CC(C)(C)[Si](C)(C)O[C@@H]1C[C@@H]2C([O-])=C(c3ccccc3)C(=O)[N@+]2(Cc2ccc(C#N)cc2)C1. The zero-order chi connectivity index (χ0) is 48.0. The Morgan fingerprint density at radius 3 is 1.16 bits per heavy atom. The number of carbonyl (C=O) groups is 2. The van der Waals surface area contributed by atoms with Crippen LogP contribution in [0.15, 0.2) is 121 Å². The summed E-state index contributed by atoms with van der Waals surface area (Å²) in [5, 5.41) is 45.7. The van der Waals surface area contributed by atoms with Gasteiger partial charge in [0.05, 0.1) is 34.4 Å². The van der Waals surface area contributed by atoms with Crippen LogP contribution in [-0.4, -0.2) is 74.8 Å². The van der Waals surface area contributed by atoms with E-state index in [-0.39, 0.29) is 62.0 Å².